The molecule has 0 aliphatic carbocycles. The lowest BCUT2D eigenvalue weighted by Gasteiger charge is -2.28. The molecule has 0 aromatic heterocycles. The lowest BCUT2D eigenvalue weighted by Crippen LogP contribution is -2.42. The minimum Gasteiger partial charge on any atom is -0.325 e. The fourth-order valence-electron chi connectivity index (χ4n) is 4.57. The lowest BCUT2D eigenvalue weighted by molar-refractivity contribution is 0.0944. The van der Waals surface area contributed by atoms with E-state index in [9.17, 15) is 9.59 Å². The van der Waals surface area contributed by atoms with Crippen molar-refractivity contribution in [1.82, 2.24) is 5.32 Å². The Kier molecular flexibility index (Phi) is 7.14. The third-order valence-electron chi connectivity index (χ3n) is 6.51. The van der Waals surface area contributed by atoms with E-state index in [-0.39, 0.29) is 5.78 Å². The van der Waals surface area contributed by atoms with Gasteiger partial charge in [0, 0.05) is 27.8 Å². The highest BCUT2D eigenvalue weighted by Gasteiger charge is 2.30. The standard InChI is InChI=1S/C32H27N5O2/c1-21-31(35-32(39)26-17-11-16-25(20-26)30(38)24-14-7-4-8-15-24)34-29(23-12-5-3-6-13-23)27-18-9-10-19-28(27)37(21)22(2)36-33/h3-20,31H,1,33H2,2H3,(H,35,39)/b36-22-. The predicted molar refractivity (Wildman–Crippen MR) is 155 cm³/mol. The quantitative estimate of drug-likeness (QED) is 0.127. The number of amides is 1. The minimum absolute atomic E-state index is 0.162. The number of amidine groups is 1. The second kappa shape index (κ2) is 11.0. The predicted octanol–water partition coefficient (Wildman–Crippen LogP) is 5.14. The highest BCUT2D eigenvalue weighted by atomic mass is 16.2. The fraction of sp³-hybridized carbons (Fsp3) is 0.0625. The Morgan fingerprint density at radius 2 is 1.46 bits per heavy atom. The van der Waals surface area contributed by atoms with E-state index in [1.807, 2.05) is 60.7 Å². The van der Waals surface area contributed by atoms with Crippen LogP contribution in [-0.2, 0) is 0 Å². The van der Waals surface area contributed by atoms with Crippen LogP contribution in [0.1, 0.15) is 44.3 Å². The molecular formula is C32H27N5O2. The first-order valence-corrected chi connectivity index (χ1v) is 12.4. The number of nitrogens with zero attached hydrogens (tertiary/aromatic N) is 3. The van der Waals surface area contributed by atoms with Gasteiger partial charge in [0.25, 0.3) is 5.91 Å². The van der Waals surface area contributed by atoms with E-state index < -0.39 is 12.1 Å². The number of hydrogen-bond acceptors (Lipinski definition) is 5. The molecule has 4 aromatic rings. The summed E-state index contributed by atoms with van der Waals surface area (Å²) in [5, 5.41) is 6.91. The first-order chi connectivity index (χ1) is 19.0. The van der Waals surface area contributed by atoms with Gasteiger partial charge in [0.1, 0.15) is 5.84 Å². The molecule has 1 aliphatic heterocycles. The second-order valence-electron chi connectivity index (χ2n) is 9.02. The number of para-hydroxylation sites is 1. The monoisotopic (exact) mass is 513 g/mol. The van der Waals surface area contributed by atoms with Crippen molar-refractivity contribution in [3.63, 3.8) is 0 Å². The van der Waals surface area contributed by atoms with E-state index in [0.717, 1.165) is 16.8 Å². The number of nitrogens with two attached hydrogens (primary N) is 1. The van der Waals surface area contributed by atoms with Crippen LogP contribution in [0.2, 0.25) is 0 Å². The van der Waals surface area contributed by atoms with Gasteiger partial charge in [-0.2, -0.15) is 5.10 Å². The van der Waals surface area contributed by atoms with Gasteiger partial charge in [0.05, 0.1) is 17.1 Å². The van der Waals surface area contributed by atoms with Crippen molar-refractivity contribution < 1.29 is 9.59 Å². The number of nitrogens with one attached hydrogen (secondary N) is 1. The second-order valence-corrected chi connectivity index (χ2v) is 9.02. The summed E-state index contributed by atoms with van der Waals surface area (Å²) in [6, 6.07) is 33.1. The molecule has 1 heterocycles. The maximum absolute atomic E-state index is 13.5. The molecule has 39 heavy (non-hydrogen) atoms. The van der Waals surface area contributed by atoms with Crippen LogP contribution in [0, 0.1) is 0 Å². The molecule has 1 atom stereocenters. The molecule has 0 radical (unpaired) electrons. The first-order valence-electron chi connectivity index (χ1n) is 12.4. The van der Waals surface area contributed by atoms with Crippen LogP contribution < -0.4 is 16.1 Å². The summed E-state index contributed by atoms with van der Waals surface area (Å²) in [6.07, 6.45) is -0.842. The van der Waals surface area contributed by atoms with Gasteiger partial charge in [-0.05, 0) is 25.1 Å². The molecule has 192 valence electrons. The van der Waals surface area contributed by atoms with Crippen LogP contribution in [0.15, 0.2) is 132 Å². The molecule has 3 N–H and O–H groups in total. The largest absolute Gasteiger partial charge is 0.325 e. The van der Waals surface area contributed by atoms with E-state index in [0.29, 0.717) is 33.9 Å². The van der Waals surface area contributed by atoms with Crippen LogP contribution >= 0.6 is 0 Å². The molecule has 0 saturated carbocycles. The van der Waals surface area contributed by atoms with Crippen LogP contribution in [0.3, 0.4) is 0 Å². The van der Waals surface area contributed by atoms with Crippen molar-refractivity contribution in [2.24, 2.45) is 15.9 Å². The Morgan fingerprint density at radius 1 is 0.846 bits per heavy atom. The van der Waals surface area contributed by atoms with Gasteiger partial charge in [-0.3, -0.25) is 19.5 Å². The Morgan fingerprint density at radius 3 is 2.18 bits per heavy atom. The topological polar surface area (TPSA) is 100 Å². The molecule has 7 heteroatoms. The third-order valence-corrected chi connectivity index (χ3v) is 6.51. The Balaban J connectivity index is 1.54. The first kappa shape index (κ1) is 25.4. The number of benzene rings is 4. The zero-order chi connectivity index (χ0) is 27.4. The molecular weight excluding hydrogens is 486 g/mol. The van der Waals surface area contributed by atoms with Crippen molar-refractivity contribution in [2.75, 3.05) is 4.90 Å². The molecule has 0 fully saturated rings. The molecule has 0 bridgehead atoms. The minimum atomic E-state index is -0.842. The smallest absolute Gasteiger partial charge is 0.253 e. The maximum Gasteiger partial charge on any atom is 0.253 e. The van der Waals surface area contributed by atoms with Crippen LogP contribution in [-0.4, -0.2) is 29.4 Å². The molecule has 0 saturated heterocycles. The van der Waals surface area contributed by atoms with E-state index >= 15 is 0 Å². The van der Waals surface area contributed by atoms with E-state index in [4.69, 9.17) is 10.8 Å². The third kappa shape index (κ3) is 5.10. The summed E-state index contributed by atoms with van der Waals surface area (Å²) < 4.78 is 0. The Hall–Kier alpha value is -5.30. The number of carbonyl (C=O) groups is 2. The van der Waals surface area contributed by atoms with Crippen molar-refractivity contribution in [3.8, 4) is 0 Å². The number of fused-ring (bicyclic) bond motifs is 1. The molecule has 0 spiro atoms. The Bertz CT molecular complexity index is 1610. The average Bonchev–Trinajstić information content (AvgIpc) is 3.11. The maximum atomic E-state index is 13.5. The van der Waals surface area contributed by atoms with Crippen molar-refractivity contribution >= 4 is 28.9 Å². The highest BCUT2D eigenvalue weighted by molar-refractivity contribution is 6.19. The molecule has 7 nitrogen and oxygen atoms in total. The number of carbonyl (C=O) groups excluding carboxylic acids is 2. The number of rotatable bonds is 5. The summed E-state index contributed by atoms with van der Waals surface area (Å²) in [5.74, 6) is 5.63. The molecule has 5 rings (SSSR count). The van der Waals surface area contributed by atoms with Gasteiger partial charge in [0.15, 0.2) is 11.9 Å². The van der Waals surface area contributed by atoms with Crippen LogP contribution in [0.25, 0.3) is 0 Å². The highest BCUT2D eigenvalue weighted by Crippen LogP contribution is 2.32. The Labute approximate surface area is 227 Å². The van der Waals surface area contributed by atoms with Crippen molar-refractivity contribution in [2.45, 2.75) is 13.1 Å². The van der Waals surface area contributed by atoms with E-state index in [2.05, 4.69) is 17.0 Å². The zero-order valence-corrected chi connectivity index (χ0v) is 21.4. The molecule has 1 aliphatic rings. The van der Waals surface area contributed by atoms with Crippen LogP contribution in [0.4, 0.5) is 5.69 Å². The molecule has 1 amide bonds. The lowest BCUT2D eigenvalue weighted by atomic mass is 10.0. The van der Waals surface area contributed by atoms with Gasteiger partial charge in [0.2, 0.25) is 0 Å². The molecule has 1 unspecified atom stereocenters. The fourth-order valence-corrected chi connectivity index (χ4v) is 4.57. The molecule has 4 aromatic carbocycles. The normalized spacial score (nSPS) is 15.2. The van der Waals surface area contributed by atoms with Crippen molar-refractivity contribution in [3.05, 3.63) is 149 Å². The SMILES string of the molecule is C=C1C(NC(=O)c2cccc(C(=O)c3ccccc3)c2)N=C(c2ccccc2)c2ccccc2N1/C(C)=N\N. The summed E-state index contributed by atoms with van der Waals surface area (Å²) in [6.45, 7) is 6.05. The van der Waals surface area contributed by atoms with Gasteiger partial charge in [-0.1, -0.05) is 97.6 Å². The number of hydrogen-bond donors (Lipinski definition) is 2. The number of ketones is 1. The average molecular weight is 514 g/mol. The van der Waals surface area contributed by atoms with E-state index in [1.54, 1.807) is 60.4 Å². The van der Waals surface area contributed by atoms with Crippen LogP contribution in [0.5, 0.6) is 0 Å². The summed E-state index contributed by atoms with van der Waals surface area (Å²) in [5.41, 5.74) is 5.00. The van der Waals surface area contributed by atoms with Gasteiger partial charge >= 0.3 is 0 Å². The van der Waals surface area contributed by atoms with Gasteiger partial charge < -0.3 is 11.2 Å². The summed E-state index contributed by atoms with van der Waals surface area (Å²) >= 11 is 0. The van der Waals surface area contributed by atoms with Gasteiger partial charge in [-0.25, -0.2) is 0 Å². The summed E-state index contributed by atoms with van der Waals surface area (Å²) in [7, 11) is 0. The van der Waals surface area contributed by atoms with Crippen molar-refractivity contribution in [1.29, 1.82) is 0 Å². The number of hydrazone groups is 1. The zero-order valence-electron chi connectivity index (χ0n) is 21.4. The number of benzodiazepines with no additional fused rings is 1. The number of aliphatic imine (C=N–C) groups is 1. The van der Waals surface area contributed by atoms with Gasteiger partial charge in [-0.15, -0.1) is 0 Å². The summed E-state index contributed by atoms with van der Waals surface area (Å²) in [4.78, 5) is 33.3. The van der Waals surface area contributed by atoms with E-state index in [1.165, 1.54) is 0 Å². The number of anilines is 1.